The third kappa shape index (κ3) is 2.91. The number of nitrogens with one attached hydrogen (secondary N) is 1. The number of carbonyl (C=O) groups excluding carboxylic acids is 2. The first-order valence-electron chi connectivity index (χ1n) is 8.71. The first-order valence-corrected chi connectivity index (χ1v) is 9.09. The zero-order chi connectivity index (χ0) is 16.7. The van der Waals surface area contributed by atoms with Crippen molar-refractivity contribution in [3.8, 4) is 0 Å². The predicted octanol–water partition coefficient (Wildman–Crippen LogP) is 2.22. The van der Waals surface area contributed by atoms with E-state index < -0.39 is 11.8 Å². The van der Waals surface area contributed by atoms with Gasteiger partial charge in [-0.1, -0.05) is 24.1 Å². The van der Waals surface area contributed by atoms with Gasteiger partial charge in [-0.25, -0.2) is 0 Å². The lowest BCUT2D eigenvalue weighted by atomic mass is 9.90. The maximum atomic E-state index is 12.5. The van der Waals surface area contributed by atoms with Gasteiger partial charge in [-0.15, -0.1) is 0 Å². The number of piperidine rings is 1. The van der Waals surface area contributed by atoms with Gasteiger partial charge in [0.2, 0.25) is 0 Å². The van der Waals surface area contributed by atoms with E-state index >= 15 is 0 Å². The Morgan fingerprint density at radius 3 is 2.88 bits per heavy atom. The Labute approximate surface area is 146 Å². The average molecular weight is 348 g/mol. The summed E-state index contributed by atoms with van der Waals surface area (Å²) in [7, 11) is 0. The highest BCUT2D eigenvalue weighted by Gasteiger charge is 2.48. The molecule has 6 heteroatoms. The van der Waals surface area contributed by atoms with Crippen molar-refractivity contribution in [1.82, 2.24) is 9.80 Å². The Balaban J connectivity index is 1.38. The van der Waals surface area contributed by atoms with Gasteiger partial charge in [-0.05, 0) is 49.4 Å². The first kappa shape index (κ1) is 15.9. The third-order valence-corrected chi connectivity index (χ3v) is 5.92. The second-order valence-corrected chi connectivity index (χ2v) is 7.59. The predicted molar refractivity (Wildman–Crippen MR) is 92.9 cm³/mol. The van der Waals surface area contributed by atoms with E-state index in [2.05, 4.69) is 10.2 Å². The van der Waals surface area contributed by atoms with Crippen LogP contribution in [-0.4, -0.2) is 53.8 Å². The molecule has 4 rings (SSSR count). The molecule has 24 heavy (non-hydrogen) atoms. The van der Waals surface area contributed by atoms with Crippen molar-refractivity contribution in [2.45, 2.75) is 25.3 Å². The smallest absolute Gasteiger partial charge is 0.313 e. The quantitative estimate of drug-likeness (QED) is 0.792. The number of nitrogens with zero attached hydrogens (tertiary/aromatic N) is 2. The molecule has 2 amide bonds. The van der Waals surface area contributed by atoms with Gasteiger partial charge in [0.05, 0.1) is 0 Å². The number of likely N-dealkylation sites (tertiary alicyclic amines) is 1. The summed E-state index contributed by atoms with van der Waals surface area (Å²) in [5.74, 6) is 0.0636. The Morgan fingerprint density at radius 1 is 1.17 bits per heavy atom. The number of hydrogen-bond donors (Lipinski definition) is 1. The highest BCUT2D eigenvalue weighted by atomic mass is 35.5. The fourth-order valence-electron chi connectivity index (χ4n) is 4.62. The molecule has 128 valence electrons. The second kappa shape index (κ2) is 6.37. The minimum absolute atomic E-state index is 0.424. The van der Waals surface area contributed by atoms with Crippen molar-refractivity contribution in [1.29, 1.82) is 0 Å². The Kier molecular flexibility index (Phi) is 4.22. The van der Waals surface area contributed by atoms with E-state index in [1.165, 1.54) is 25.8 Å². The number of anilines is 1. The van der Waals surface area contributed by atoms with E-state index in [-0.39, 0.29) is 0 Å². The molecule has 1 aromatic carbocycles. The molecule has 0 spiro atoms. The van der Waals surface area contributed by atoms with Crippen molar-refractivity contribution >= 4 is 29.1 Å². The number of carbonyl (C=O) groups is 2. The number of amides is 2. The molecule has 0 aromatic heterocycles. The zero-order valence-electron chi connectivity index (χ0n) is 13.6. The van der Waals surface area contributed by atoms with Crippen molar-refractivity contribution < 1.29 is 9.59 Å². The Hall–Kier alpha value is -1.59. The molecule has 3 heterocycles. The maximum absolute atomic E-state index is 12.5. The van der Waals surface area contributed by atoms with Gasteiger partial charge in [0.25, 0.3) is 0 Å². The molecule has 1 aromatic rings. The SMILES string of the molecule is O=C(Nc1cccc(Cl)c1)C(=O)N1CC2CN3CCCCC3C2C1. The number of halogens is 1. The lowest BCUT2D eigenvalue weighted by molar-refractivity contribution is -0.142. The van der Waals surface area contributed by atoms with Crippen LogP contribution >= 0.6 is 11.6 Å². The van der Waals surface area contributed by atoms with E-state index in [1.54, 1.807) is 29.2 Å². The molecule has 0 radical (unpaired) electrons. The van der Waals surface area contributed by atoms with Gasteiger partial charge in [-0.2, -0.15) is 0 Å². The highest BCUT2D eigenvalue weighted by Crippen LogP contribution is 2.40. The fraction of sp³-hybridized carbons (Fsp3) is 0.556. The van der Waals surface area contributed by atoms with Crippen molar-refractivity contribution in [2.24, 2.45) is 11.8 Å². The standard InChI is InChI=1S/C18H22ClN3O2/c19-13-4-3-5-14(8-13)20-17(23)18(24)22-10-12-9-21-7-2-1-6-16(21)15(12)11-22/h3-5,8,12,15-16H,1-2,6-7,9-11H2,(H,20,23). The Morgan fingerprint density at radius 2 is 2.04 bits per heavy atom. The number of fused-ring (bicyclic) bond motifs is 3. The summed E-state index contributed by atoms with van der Waals surface area (Å²) in [6.45, 7) is 3.70. The normalized spacial score (nSPS) is 29.2. The second-order valence-electron chi connectivity index (χ2n) is 7.16. The van der Waals surface area contributed by atoms with Crippen LogP contribution < -0.4 is 5.32 Å². The van der Waals surface area contributed by atoms with Crippen molar-refractivity contribution in [3.63, 3.8) is 0 Å². The first-order chi connectivity index (χ1) is 11.6. The molecule has 0 aliphatic carbocycles. The van der Waals surface area contributed by atoms with Crippen LogP contribution in [0.15, 0.2) is 24.3 Å². The molecule has 5 nitrogen and oxygen atoms in total. The van der Waals surface area contributed by atoms with Crippen LogP contribution in [0.4, 0.5) is 5.69 Å². The molecule has 3 aliphatic heterocycles. The highest BCUT2D eigenvalue weighted by molar-refractivity contribution is 6.39. The topological polar surface area (TPSA) is 52.7 Å². The molecule has 1 N–H and O–H groups in total. The summed E-state index contributed by atoms with van der Waals surface area (Å²) in [4.78, 5) is 29.1. The van der Waals surface area contributed by atoms with Gasteiger partial charge in [-0.3, -0.25) is 14.5 Å². The van der Waals surface area contributed by atoms with Crippen LogP contribution in [0, 0.1) is 11.8 Å². The number of rotatable bonds is 1. The molecule has 0 bridgehead atoms. The fourth-order valence-corrected chi connectivity index (χ4v) is 4.81. The molecular weight excluding hydrogens is 326 g/mol. The van der Waals surface area contributed by atoms with Crippen molar-refractivity contribution in [3.05, 3.63) is 29.3 Å². The molecule has 3 fully saturated rings. The van der Waals surface area contributed by atoms with Crippen LogP contribution in [0.1, 0.15) is 19.3 Å². The molecule has 0 saturated carbocycles. The maximum Gasteiger partial charge on any atom is 0.313 e. The summed E-state index contributed by atoms with van der Waals surface area (Å²) in [6.07, 6.45) is 3.81. The number of benzene rings is 1. The van der Waals surface area contributed by atoms with E-state index in [1.807, 2.05) is 0 Å². The summed E-state index contributed by atoms with van der Waals surface area (Å²) >= 11 is 5.91. The zero-order valence-corrected chi connectivity index (χ0v) is 14.3. The van der Waals surface area contributed by atoms with Crippen LogP contribution in [0.2, 0.25) is 5.02 Å². The monoisotopic (exact) mass is 347 g/mol. The summed E-state index contributed by atoms with van der Waals surface area (Å²) in [5, 5.41) is 3.19. The van der Waals surface area contributed by atoms with Crippen LogP contribution in [0.3, 0.4) is 0 Å². The van der Waals surface area contributed by atoms with Crippen molar-refractivity contribution in [2.75, 3.05) is 31.5 Å². The number of hydrogen-bond acceptors (Lipinski definition) is 3. The summed E-state index contributed by atoms with van der Waals surface area (Å²) < 4.78 is 0. The van der Waals surface area contributed by atoms with Gasteiger partial charge >= 0.3 is 11.8 Å². The molecule has 3 atom stereocenters. The van der Waals surface area contributed by atoms with E-state index in [4.69, 9.17) is 11.6 Å². The summed E-state index contributed by atoms with van der Waals surface area (Å²) in [5.41, 5.74) is 0.554. The Bertz CT molecular complexity index is 665. The minimum atomic E-state index is -0.572. The van der Waals surface area contributed by atoms with Crippen LogP contribution in [0.25, 0.3) is 0 Å². The average Bonchev–Trinajstić information content (AvgIpc) is 3.12. The summed E-state index contributed by atoms with van der Waals surface area (Å²) in [6, 6.07) is 7.47. The van der Waals surface area contributed by atoms with Crippen LogP contribution in [-0.2, 0) is 9.59 Å². The molecule has 3 unspecified atom stereocenters. The molecule has 3 aliphatic rings. The van der Waals surface area contributed by atoms with Gasteiger partial charge in [0, 0.05) is 36.4 Å². The van der Waals surface area contributed by atoms with Crippen LogP contribution in [0.5, 0.6) is 0 Å². The van der Waals surface area contributed by atoms with E-state index in [0.717, 1.165) is 6.54 Å². The van der Waals surface area contributed by atoms with E-state index in [0.29, 0.717) is 41.7 Å². The van der Waals surface area contributed by atoms with Gasteiger partial charge in [0.15, 0.2) is 0 Å². The van der Waals surface area contributed by atoms with Gasteiger partial charge < -0.3 is 10.2 Å². The largest absolute Gasteiger partial charge is 0.334 e. The lowest BCUT2D eigenvalue weighted by Gasteiger charge is -2.33. The third-order valence-electron chi connectivity index (χ3n) is 5.68. The van der Waals surface area contributed by atoms with E-state index in [9.17, 15) is 9.59 Å². The molecular formula is C18H22ClN3O2. The minimum Gasteiger partial charge on any atom is -0.334 e. The lowest BCUT2D eigenvalue weighted by Crippen LogP contribution is -2.43. The molecule has 3 saturated heterocycles. The van der Waals surface area contributed by atoms with Gasteiger partial charge in [0.1, 0.15) is 0 Å².